The van der Waals surface area contributed by atoms with Crippen molar-refractivity contribution in [3.8, 4) is 50.7 Å². The van der Waals surface area contributed by atoms with E-state index in [0.29, 0.717) is 28.2 Å². The van der Waals surface area contributed by atoms with Crippen molar-refractivity contribution in [3.05, 3.63) is 224 Å². The van der Waals surface area contributed by atoms with E-state index in [1.54, 1.807) is 68.7 Å². The van der Waals surface area contributed by atoms with Crippen LogP contribution in [0.2, 0.25) is 0 Å². The standard InChI is InChI=1S/C62H51N4O.Pt/c1-61(2,3)46-23-15-22-45(36-46)52-27-17-26-51(43-20-11-8-12-21-43)60(52)65-41-64(56-28-13-14-29-57(56)65)48-24-16-25-49(39-48)67-50-31-32-53-54-37-44(42-18-9-7-10-19-42)30-33-55(54)66(58(53)40-50)59-38-47(34-35-63-59)62(4,5)6;/h7-38,41H,1-6H3;/q-3;/i7D,8D,9D,10D,11D,12D,16D,18D,19D,20D,21D,24D,25D,30D,31D,32D,33D,34D,35D,37D,38D;. The van der Waals surface area contributed by atoms with Gasteiger partial charge in [-0.25, -0.2) is 4.98 Å². The second kappa shape index (κ2) is 17.8. The number of rotatable bonds is 8. The molecule has 0 amide bonds. The number of aromatic nitrogens is 2. The number of ether oxygens (including phenoxy) is 1. The molecule has 68 heavy (non-hydrogen) atoms. The largest absolute Gasteiger partial charge is 0.509 e. The summed E-state index contributed by atoms with van der Waals surface area (Å²) >= 11 is 0. The number of nitrogens with zero attached hydrogens (tertiary/aromatic N) is 4. The van der Waals surface area contributed by atoms with Gasteiger partial charge in [0, 0.05) is 75.2 Å². The van der Waals surface area contributed by atoms with Crippen LogP contribution in [0.1, 0.15) is 81.5 Å². The molecule has 2 aromatic heterocycles. The van der Waals surface area contributed by atoms with Gasteiger partial charge in [0.2, 0.25) is 0 Å². The van der Waals surface area contributed by atoms with Gasteiger partial charge in [-0.05, 0) is 84.0 Å². The summed E-state index contributed by atoms with van der Waals surface area (Å²) < 4.78 is 197. The SMILES string of the molecule is [2H]c1nc(-n2c3[c-]c(Oc4[c-]c(N5[CH-]N(c6c(-c7cccc(C(C)(C)C)c7)cccc6-c6c([2H])c([2H])c([2H])c([2H])c6[2H])c6ccccc65)c([2H])c([2H])c4[2H])c([2H])c([2H])c3c3c([2H])c(-c4c([2H])c([2H])c([2H])c([2H])c4[2H])c([2H])c([2H])c32)c([2H])c(C(C)(C)C)c1[2H].[Pt]. The fourth-order valence-corrected chi connectivity index (χ4v) is 7.97. The van der Waals surface area contributed by atoms with E-state index in [1.165, 1.54) is 4.90 Å². The zero-order valence-electron chi connectivity index (χ0n) is 58.4. The Hall–Kier alpha value is -7.20. The van der Waals surface area contributed by atoms with Crippen LogP contribution in [-0.4, -0.2) is 9.55 Å². The first-order valence-corrected chi connectivity index (χ1v) is 21.3. The van der Waals surface area contributed by atoms with Crippen molar-refractivity contribution in [2.75, 3.05) is 9.80 Å². The third kappa shape index (κ3) is 8.30. The Morgan fingerprint density at radius 1 is 0.559 bits per heavy atom. The Labute approximate surface area is 444 Å². The molecule has 0 fully saturated rings. The molecule has 0 saturated carbocycles. The molecule has 1 aliphatic rings. The summed E-state index contributed by atoms with van der Waals surface area (Å²) in [6, 6.07) is 12.8. The Kier molecular flexibility index (Phi) is 6.90. The van der Waals surface area contributed by atoms with Crippen molar-refractivity contribution in [2.45, 2.75) is 52.4 Å². The van der Waals surface area contributed by atoms with Crippen LogP contribution in [0.3, 0.4) is 0 Å². The fourth-order valence-electron chi connectivity index (χ4n) is 7.97. The van der Waals surface area contributed by atoms with Crippen molar-refractivity contribution in [3.63, 3.8) is 0 Å². The van der Waals surface area contributed by atoms with E-state index in [2.05, 4.69) is 37.9 Å². The maximum absolute atomic E-state index is 9.72. The van der Waals surface area contributed by atoms with Crippen LogP contribution < -0.4 is 14.5 Å². The number of benzene rings is 8. The average molecular weight is 1080 g/mol. The predicted molar refractivity (Wildman–Crippen MR) is 278 cm³/mol. The van der Waals surface area contributed by atoms with Crippen LogP contribution >= 0.6 is 0 Å². The van der Waals surface area contributed by atoms with Crippen molar-refractivity contribution in [2.24, 2.45) is 0 Å². The molecule has 0 saturated heterocycles. The van der Waals surface area contributed by atoms with Crippen LogP contribution in [-0.2, 0) is 31.9 Å². The molecule has 0 atom stereocenters. The molecule has 0 spiro atoms. The van der Waals surface area contributed by atoms with Gasteiger partial charge in [0.1, 0.15) is 5.82 Å². The second-order valence-corrected chi connectivity index (χ2v) is 17.8. The minimum atomic E-state index is -0.985. The number of hydrogen-bond donors (Lipinski definition) is 0. The van der Waals surface area contributed by atoms with E-state index >= 15 is 0 Å². The van der Waals surface area contributed by atoms with E-state index in [9.17, 15) is 12.3 Å². The maximum atomic E-state index is 9.72. The zero-order valence-corrected chi connectivity index (χ0v) is 39.7. The van der Waals surface area contributed by atoms with Crippen LogP contribution in [0, 0.1) is 18.8 Å². The van der Waals surface area contributed by atoms with E-state index in [1.807, 2.05) is 30.3 Å². The molecule has 10 aromatic rings. The third-order valence-electron chi connectivity index (χ3n) is 11.3. The number of fused-ring (bicyclic) bond motifs is 4. The maximum Gasteiger partial charge on any atom is 0.135 e. The Morgan fingerprint density at radius 2 is 1.24 bits per heavy atom. The van der Waals surface area contributed by atoms with E-state index in [0.717, 1.165) is 10.1 Å². The smallest absolute Gasteiger partial charge is 0.135 e. The normalized spacial score (nSPS) is 16.9. The summed E-state index contributed by atoms with van der Waals surface area (Å²) in [6.45, 7) is 12.8. The number of para-hydroxylation sites is 3. The van der Waals surface area contributed by atoms with Crippen molar-refractivity contribution < 1.29 is 54.6 Å². The molecule has 0 radical (unpaired) electrons. The first-order valence-electron chi connectivity index (χ1n) is 31.8. The van der Waals surface area contributed by atoms with Gasteiger partial charge >= 0.3 is 0 Å². The summed E-state index contributed by atoms with van der Waals surface area (Å²) in [5.74, 6) is -1.62. The van der Waals surface area contributed by atoms with Gasteiger partial charge in [0.05, 0.1) is 21.9 Å². The summed E-state index contributed by atoms with van der Waals surface area (Å²) in [5.41, 5.74) is 0.312. The molecule has 0 unspecified atom stereocenters. The molecule has 11 rings (SSSR count). The Balaban J connectivity index is 0.00000873. The van der Waals surface area contributed by atoms with E-state index < -0.39 is 166 Å². The van der Waals surface area contributed by atoms with Crippen LogP contribution in [0.5, 0.6) is 11.5 Å². The Morgan fingerprint density at radius 3 is 1.97 bits per heavy atom. The molecule has 338 valence electrons. The van der Waals surface area contributed by atoms with E-state index in [4.69, 9.17) is 21.2 Å². The fraction of sp³-hybridized carbons (Fsp3) is 0.129. The first-order chi connectivity index (χ1) is 41.2. The van der Waals surface area contributed by atoms with Gasteiger partial charge in [0.25, 0.3) is 0 Å². The predicted octanol–water partition coefficient (Wildman–Crippen LogP) is 16.6. The summed E-state index contributed by atoms with van der Waals surface area (Å²) in [4.78, 5) is 7.55. The first kappa shape index (κ1) is 26.4. The molecule has 8 aromatic carbocycles. The summed E-state index contributed by atoms with van der Waals surface area (Å²) in [7, 11) is 0. The van der Waals surface area contributed by atoms with Crippen LogP contribution in [0.15, 0.2) is 194 Å². The number of anilines is 4. The minimum absolute atomic E-state index is 0. The molecule has 5 nitrogen and oxygen atoms in total. The van der Waals surface area contributed by atoms with Crippen LogP contribution in [0.4, 0.5) is 22.7 Å². The molecule has 3 heterocycles. The summed E-state index contributed by atoms with van der Waals surface area (Å²) in [6.07, 6.45) is -0.619. The third-order valence-corrected chi connectivity index (χ3v) is 11.3. The molecule has 0 N–H and O–H groups in total. The van der Waals surface area contributed by atoms with Gasteiger partial charge in [-0.1, -0.05) is 174 Å². The van der Waals surface area contributed by atoms with Gasteiger partial charge < -0.3 is 19.1 Å². The van der Waals surface area contributed by atoms with Crippen molar-refractivity contribution >= 4 is 44.6 Å². The molecule has 0 aliphatic carbocycles. The second-order valence-electron chi connectivity index (χ2n) is 17.8. The van der Waals surface area contributed by atoms with Gasteiger partial charge in [-0.2, -0.15) is 12.1 Å². The van der Waals surface area contributed by atoms with Crippen LogP contribution in [0.25, 0.3) is 61.0 Å². The van der Waals surface area contributed by atoms with E-state index in [-0.39, 0.29) is 65.1 Å². The van der Waals surface area contributed by atoms with Gasteiger partial charge in [0.15, 0.2) is 0 Å². The minimum Gasteiger partial charge on any atom is -0.509 e. The molecule has 1 aliphatic heterocycles. The van der Waals surface area contributed by atoms with Gasteiger partial charge in [-0.15, -0.1) is 48.0 Å². The Bertz CT molecular complexity index is 4650. The molecule has 0 bridgehead atoms. The van der Waals surface area contributed by atoms with Gasteiger partial charge in [-0.3, -0.25) is 0 Å². The monoisotopic (exact) mass is 1080 g/mol. The zero-order chi connectivity index (χ0) is 64.1. The quantitative estimate of drug-likeness (QED) is 0.142. The summed E-state index contributed by atoms with van der Waals surface area (Å²) in [5, 5.41) is -0.707. The average Bonchev–Trinajstić information content (AvgIpc) is 1.71. The van der Waals surface area contributed by atoms with Crippen molar-refractivity contribution in [1.29, 1.82) is 0 Å². The molecular formula is C62H51N4OPt-3. The molecule has 6 heteroatoms. The number of pyridine rings is 1. The van der Waals surface area contributed by atoms with Crippen molar-refractivity contribution in [1.82, 2.24) is 9.55 Å². The number of hydrogen-bond acceptors (Lipinski definition) is 4. The topological polar surface area (TPSA) is 33.5 Å². The molecular weight excluding hydrogens is 1010 g/mol.